The second kappa shape index (κ2) is 5.88. The Balaban J connectivity index is 1.31. The number of nitrogens with one attached hydrogen (secondary N) is 2. The molecule has 2 amide bonds. The Morgan fingerprint density at radius 2 is 2.04 bits per heavy atom. The van der Waals surface area contributed by atoms with Gasteiger partial charge in [-0.3, -0.25) is 9.59 Å². The molecule has 0 bridgehead atoms. The minimum absolute atomic E-state index is 0.0262. The van der Waals surface area contributed by atoms with Gasteiger partial charge in [0, 0.05) is 12.5 Å². The lowest BCUT2D eigenvalue weighted by atomic mass is 10.0. The molecule has 1 aromatic carbocycles. The van der Waals surface area contributed by atoms with Crippen LogP contribution in [0.2, 0.25) is 0 Å². The molecule has 0 spiro atoms. The lowest BCUT2D eigenvalue weighted by Gasteiger charge is -2.21. The Morgan fingerprint density at radius 1 is 1.29 bits per heavy atom. The van der Waals surface area contributed by atoms with E-state index in [9.17, 15) is 14.7 Å². The van der Waals surface area contributed by atoms with Crippen LogP contribution in [-0.4, -0.2) is 35.6 Å². The van der Waals surface area contributed by atoms with Crippen molar-refractivity contribution < 1.29 is 14.7 Å². The minimum Gasteiger partial charge on any atom is -0.391 e. The van der Waals surface area contributed by atoms with E-state index in [4.69, 9.17) is 0 Å². The van der Waals surface area contributed by atoms with Gasteiger partial charge in [-0.15, -0.1) is 0 Å². The predicted molar refractivity (Wildman–Crippen MR) is 89.2 cm³/mol. The summed E-state index contributed by atoms with van der Waals surface area (Å²) >= 11 is 0. The summed E-state index contributed by atoms with van der Waals surface area (Å²) < 4.78 is 0. The number of fused-ring (bicyclic) bond motifs is 3. The third-order valence-corrected chi connectivity index (χ3v) is 5.72. The molecule has 0 heterocycles. The maximum Gasteiger partial charge on any atom is 0.245 e. The zero-order valence-corrected chi connectivity index (χ0v) is 13.9. The van der Waals surface area contributed by atoms with E-state index in [2.05, 4.69) is 34.9 Å². The van der Waals surface area contributed by atoms with E-state index in [0.29, 0.717) is 24.3 Å². The van der Waals surface area contributed by atoms with Crippen LogP contribution in [0.3, 0.4) is 0 Å². The zero-order valence-electron chi connectivity index (χ0n) is 13.9. The van der Waals surface area contributed by atoms with Crippen molar-refractivity contribution in [2.24, 2.45) is 17.8 Å². The van der Waals surface area contributed by atoms with Crippen LogP contribution in [0.5, 0.6) is 0 Å². The van der Waals surface area contributed by atoms with Crippen LogP contribution in [0.15, 0.2) is 24.3 Å². The zero-order chi connectivity index (χ0) is 16.8. The van der Waals surface area contributed by atoms with Gasteiger partial charge in [-0.1, -0.05) is 24.3 Å². The van der Waals surface area contributed by atoms with E-state index in [0.717, 1.165) is 19.3 Å². The van der Waals surface area contributed by atoms with Crippen LogP contribution in [0.25, 0.3) is 0 Å². The lowest BCUT2D eigenvalue weighted by Crippen LogP contribution is -2.53. The average Bonchev–Trinajstić information content (AvgIpc) is 3.47. The summed E-state index contributed by atoms with van der Waals surface area (Å²) in [4.78, 5) is 24.2. The predicted octanol–water partition coefficient (Wildman–Crippen LogP) is 0.964. The average molecular weight is 328 g/mol. The van der Waals surface area contributed by atoms with Gasteiger partial charge in [0.2, 0.25) is 11.8 Å². The molecular formula is C19H24N2O3. The van der Waals surface area contributed by atoms with Crippen LogP contribution in [0, 0.1) is 17.8 Å². The summed E-state index contributed by atoms with van der Waals surface area (Å²) in [6.45, 7) is 2.16. The van der Waals surface area contributed by atoms with Crippen molar-refractivity contribution in [1.82, 2.24) is 10.6 Å². The first kappa shape index (κ1) is 15.6. The molecule has 1 aromatic rings. The molecule has 4 rings (SSSR count). The second-order valence-electron chi connectivity index (χ2n) is 7.50. The molecule has 5 nitrogen and oxygen atoms in total. The Labute approximate surface area is 141 Å². The van der Waals surface area contributed by atoms with Crippen LogP contribution < -0.4 is 10.6 Å². The van der Waals surface area contributed by atoms with E-state index in [1.807, 2.05) is 0 Å². The number of rotatable bonds is 6. The Morgan fingerprint density at radius 3 is 2.75 bits per heavy atom. The van der Waals surface area contributed by atoms with Crippen molar-refractivity contribution in [2.45, 2.75) is 44.2 Å². The van der Waals surface area contributed by atoms with Crippen molar-refractivity contribution in [1.29, 1.82) is 0 Å². The normalized spacial score (nSPS) is 29.2. The van der Waals surface area contributed by atoms with Crippen LogP contribution >= 0.6 is 0 Å². The van der Waals surface area contributed by atoms with Crippen molar-refractivity contribution in [3.05, 3.63) is 35.4 Å². The van der Waals surface area contributed by atoms with Gasteiger partial charge >= 0.3 is 0 Å². The smallest absolute Gasteiger partial charge is 0.245 e. The summed E-state index contributed by atoms with van der Waals surface area (Å²) in [5, 5.41) is 15.5. The number of carbonyl (C=O) groups is 2. The van der Waals surface area contributed by atoms with Gasteiger partial charge in [-0.05, 0) is 55.1 Å². The molecule has 0 aliphatic heterocycles. The first-order valence-corrected chi connectivity index (χ1v) is 8.90. The van der Waals surface area contributed by atoms with Crippen molar-refractivity contribution in [2.75, 3.05) is 6.54 Å². The summed E-state index contributed by atoms with van der Waals surface area (Å²) in [7, 11) is 0. The molecule has 5 unspecified atom stereocenters. The number of hydrogen-bond donors (Lipinski definition) is 3. The molecule has 0 saturated heterocycles. The number of hydrogen-bond acceptors (Lipinski definition) is 3. The highest BCUT2D eigenvalue weighted by Gasteiger charge is 2.55. The maximum absolute atomic E-state index is 12.4. The molecule has 5 atom stereocenters. The van der Waals surface area contributed by atoms with Gasteiger partial charge in [-0.25, -0.2) is 0 Å². The summed E-state index contributed by atoms with van der Waals surface area (Å²) in [6, 6.07) is 7.68. The Bertz CT molecular complexity index is 668. The van der Waals surface area contributed by atoms with E-state index >= 15 is 0 Å². The summed E-state index contributed by atoms with van der Waals surface area (Å²) in [5.74, 6) is 1.31. The fourth-order valence-electron chi connectivity index (χ4n) is 4.11. The standard InChI is InChI=1S/C19H24N2O3/c1-10(22)17(21-18(23)11-6-7-11)19(24)20-9-15-14-8-12-4-2-3-5-13(12)16(14)15/h2-5,10-11,14-17,22H,6-9H2,1H3,(H,20,24)(H,21,23). The van der Waals surface area contributed by atoms with Crippen LogP contribution in [0.1, 0.15) is 36.8 Å². The molecule has 0 radical (unpaired) electrons. The third-order valence-electron chi connectivity index (χ3n) is 5.72. The molecule has 0 aromatic heterocycles. The van der Waals surface area contributed by atoms with Gasteiger partial charge in [0.25, 0.3) is 0 Å². The highest BCUT2D eigenvalue weighted by molar-refractivity contribution is 5.89. The van der Waals surface area contributed by atoms with Gasteiger partial charge in [0.15, 0.2) is 0 Å². The fraction of sp³-hybridized carbons (Fsp3) is 0.579. The maximum atomic E-state index is 12.4. The fourth-order valence-corrected chi connectivity index (χ4v) is 4.11. The molecule has 2 saturated carbocycles. The van der Waals surface area contributed by atoms with E-state index in [1.165, 1.54) is 11.1 Å². The van der Waals surface area contributed by atoms with Gasteiger partial charge < -0.3 is 15.7 Å². The lowest BCUT2D eigenvalue weighted by molar-refractivity contribution is -0.132. The molecule has 24 heavy (non-hydrogen) atoms. The largest absolute Gasteiger partial charge is 0.391 e. The van der Waals surface area contributed by atoms with Gasteiger partial charge in [0.05, 0.1) is 6.10 Å². The van der Waals surface area contributed by atoms with Crippen molar-refractivity contribution in [3.8, 4) is 0 Å². The molecule has 3 N–H and O–H groups in total. The third kappa shape index (κ3) is 2.81. The number of benzene rings is 1. The molecule has 128 valence electrons. The van der Waals surface area contributed by atoms with Crippen LogP contribution in [-0.2, 0) is 16.0 Å². The molecule has 2 fully saturated rings. The molecule has 3 aliphatic carbocycles. The van der Waals surface area contributed by atoms with Crippen LogP contribution in [0.4, 0.5) is 0 Å². The molecule has 3 aliphatic rings. The monoisotopic (exact) mass is 328 g/mol. The van der Waals surface area contributed by atoms with Crippen molar-refractivity contribution in [3.63, 3.8) is 0 Å². The number of carbonyl (C=O) groups excluding carboxylic acids is 2. The number of amides is 2. The van der Waals surface area contributed by atoms with Gasteiger partial charge in [0.1, 0.15) is 6.04 Å². The van der Waals surface area contributed by atoms with Crippen molar-refractivity contribution >= 4 is 11.8 Å². The minimum atomic E-state index is -0.896. The Kier molecular flexibility index (Phi) is 3.83. The topological polar surface area (TPSA) is 78.4 Å². The quantitative estimate of drug-likeness (QED) is 0.728. The summed E-state index contributed by atoms with van der Waals surface area (Å²) in [6.07, 6.45) is 1.96. The highest BCUT2D eigenvalue weighted by atomic mass is 16.3. The first-order chi connectivity index (χ1) is 11.6. The Hall–Kier alpha value is -1.88. The highest BCUT2D eigenvalue weighted by Crippen LogP contribution is 2.60. The van der Waals surface area contributed by atoms with E-state index in [-0.39, 0.29) is 17.7 Å². The number of aliphatic hydroxyl groups excluding tert-OH is 1. The number of aliphatic hydroxyl groups is 1. The molecule has 5 heteroatoms. The first-order valence-electron chi connectivity index (χ1n) is 8.90. The summed E-state index contributed by atoms with van der Waals surface area (Å²) in [5.41, 5.74) is 2.87. The second-order valence-corrected chi connectivity index (χ2v) is 7.50. The SMILES string of the molecule is CC(O)C(NC(=O)C1CC1)C(=O)NCC1C2Cc3ccccc3C12. The van der Waals surface area contributed by atoms with E-state index < -0.39 is 12.1 Å². The van der Waals surface area contributed by atoms with Gasteiger partial charge in [-0.2, -0.15) is 0 Å². The molecular weight excluding hydrogens is 304 g/mol. The van der Waals surface area contributed by atoms with E-state index in [1.54, 1.807) is 6.92 Å².